The number of carboxylic acid groups (broad SMARTS) is 1. The maximum atomic E-state index is 11.8. The van der Waals surface area contributed by atoms with Crippen LogP contribution in [0.2, 0.25) is 0 Å². The van der Waals surface area contributed by atoms with E-state index in [4.69, 9.17) is 4.74 Å². The molecule has 0 saturated carbocycles. The fraction of sp³-hybridized carbons (Fsp3) is 0.619. The Bertz CT molecular complexity index is 644. The summed E-state index contributed by atoms with van der Waals surface area (Å²) in [5, 5.41) is 22.5. The van der Waals surface area contributed by atoms with Crippen LogP contribution in [0.25, 0.3) is 0 Å². The van der Waals surface area contributed by atoms with Crippen LogP contribution in [0.4, 0.5) is 4.79 Å². The number of carbonyl (C=O) groups is 2. The molecule has 0 bridgehead atoms. The molecule has 0 aliphatic heterocycles. The first-order valence-corrected chi connectivity index (χ1v) is 9.36. The first-order chi connectivity index (χ1) is 12.4. The number of nitrogens with one attached hydrogen (secondary N) is 1. The molecule has 0 radical (unpaired) electrons. The molecule has 154 valence electrons. The number of alkyl carbamates (subject to hydrolysis) is 1. The number of aliphatic hydroxyl groups excluding tert-OH is 1. The predicted octanol–water partition coefficient (Wildman–Crippen LogP) is 3.21. The van der Waals surface area contributed by atoms with Gasteiger partial charge in [0.05, 0.1) is 18.1 Å². The fourth-order valence-corrected chi connectivity index (χ4v) is 3.08. The predicted molar refractivity (Wildman–Crippen MR) is 112 cm³/mol. The van der Waals surface area contributed by atoms with Crippen LogP contribution in [0.5, 0.6) is 0 Å². The topological polar surface area (TPSA) is 95.9 Å². The monoisotopic (exact) mass is 387 g/mol. The number of hydrogen-bond donors (Lipinski definition) is 3. The molecule has 1 aromatic rings. The molecule has 28 heavy (non-hydrogen) atoms. The van der Waals surface area contributed by atoms with Crippen LogP contribution in [-0.2, 0) is 9.53 Å². The van der Waals surface area contributed by atoms with E-state index in [0.29, 0.717) is 6.42 Å². The average Bonchev–Trinajstić information content (AvgIpc) is 2.52. The zero-order valence-electron chi connectivity index (χ0n) is 17.2. The van der Waals surface area contributed by atoms with Gasteiger partial charge >= 0.3 is 30.9 Å². The third kappa shape index (κ3) is 9.14. The number of aliphatic hydroxyl groups is 1. The summed E-state index contributed by atoms with van der Waals surface area (Å²) in [5.74, 6) is -1.61. The molecule has 4 atom stereocenters. The van der Waals surface area contributed by atoms with Crippen molar-refractivity contribution in [2.24, 2.45) is 5.92 Å². The number of rotatable bonds is 8. The summed E-state index contributed by atoms with van der Waals surface area (Å²) in [6, 6.07) is 7.28. The molecule has 6 nitrogen and oxygen atoms in total. The second-order valence-corrected chi connectivity index (χ2v) is 8.27. The molecular formula is C21H34LiNO5. The van der Waals surface area contributed by atoms with Crippen LogP contribution in [0, 0.1) is 12.8 Å². The number of carboxylic acids is 1. The van der Waals surface area contributed by atoms with Gasteiger partial charge in [0.15, 0.2) is 0 Å². The number of hydrogen-bond acceptors (Lipinski definition) is 4. The van der Waals surface area contributed by atoms with E-state index in [0.717, 1.165) is 11.1 Å². The van der Waals surface area contributed by atoms with Gasteiger partial charge in [-0.1, -0.05) is 31.2 Å². The molecule has 1 aromatic carbocycles. The minimum atomic E-state index is -0.984. The van der Waals surface area contributed by atoms with E-state index in [1.54, 1.807) is 27.7 Å². The number of aliphatic carboxylic acids is 1. The van der Waals surface area contributed by atoms with Gasteiger partial charge in [-0.2, -0.15) is 0 Å². The number of amides is 1. The minimum absolute atomic E-state index is 0. The van der Waals surface area contributed by atoms with Crippen LogP contribution in [-0.4, -0.2) is 58.9 Å². The van der Waals surface area contributed by atoms with Gasteiger partial charge in [-0.15, -0.1) is 0 Å². The summed E-state index contributed by atoms with van der Waals surface area (Å²) in [6.07, 6.45) is -1.14. The van der Waals surface area contributed by atoms with Crippen molar-refractivity contribution in [3.05, 3.63) is 35.4 Å². The van der Waals surface area contributed by atoms with Gasteiger partial charge in [-0.05, 0) is 64.5 Å². The van der Waals surface area contributed by atoms with Crippen LogP contribution in [0.1, 0.15) is 64.5 Å². The Morgan fingerprint density at radius 1 is 1.14 bits per heavy atom. The molecule has 0 heterocycles. The van der Waals surface area contributed by atoms with Crippen LogP contribution in [0.3, 0.4) is 0 Å². The van der Waals surface area contributed by atoms with Gasteiger partial charge in [0.1, 0.15) is 5.60 Å². The van der Waals surface area contributed by atoms with E-state index in [1.165, 1.54) is 0 Å². The van der Waals surface area contributed by atoms with Crippen molar-refractivity contribution in [2.75, 3.05) is 0 Å². The molecule has 7 heteroatoms. The van der Waals surface area contributed by atoms with E-state index in [-0.39, 0.29) is 31.2 Å². The van der Waals surface area contributed by atoms with Crippen LogP contribution in [0.15, 0.2) is 24.3 Å². The molecule has 1 rings (SSSR count). The Labute approximate surface area is 180 Å². The van der Waals surface area contributed by atoms with Gasteiger partial charge in [0, 0.05) is 0 Å². The molecule has 3 N–H and O–H groups in total. The molecule has 0 fully saturated rings. The van der Waals surface area contributed by atoms with Crippen molar-refractivity contribution < 1.29 is 24.5 Å². The first-order valence-electron chi connectivity index (χ1n) is 9.36. The second kappa shape index (κ2) is 11.5. The van der Waals surface area contributed by atoms with E-state index >= 15 is 0 Å². The third-order valence-electron chi connectivity index (χ3n) is 4.55. The number of benzene rings is 1. The Morgan fingerprint density at radius 3 is 2.21 bits per heavy atom. The number of ether oxygens (including phenoxy) is 1. The van der Waals surface area contributed by atoms with E-state index in [2.05, 4.69) is 5.32 Å². The Morgan fingerprint density at radius 2 is 1.71 bits per heavy atom. The summed E-state index contributed by atoms with van der Waals surface area (Å²) in [7, 11) is 0. The normalized spacial score (nSPS) is 15.5. The van der Waals surface area contributed by atoms with Gasteiger partial charge in [0.2, 0.25) is 0 Å². The molecular weight excluding hydrogens is 353 g/mol. The SMILES string of the molecule is Cc1ccccc1C(C)C[C@H](C[C@@H](O)[C@H](C)NC(=O)OC(C)(C)C)C(=O)O.[LiH]. The summed E-state index contributed by atoms with van der Waals surface area (Å²) in [5.41, 5.74) is 1.59. The van der Waals surface area contributed by atoms with Crippen LogP contribution >= 0.6 is 0 Å². The molecule has 1 amide bonds. The van der Waals surface area contributed by atoms with Crippen molar-refractivity contribution in [3.63, 3.8) is 0 Å². The van der Waals surface area contributed by atoms with Gasteiger partial charge in [-0.25, -0.2) is 4.79 Å². The second-order valence-electron chi connectivity index (χ2n) is 8.27. The number of aryl methyl sites for hydroxylation is 1. The number of carbonyl (C=O) groups excluding carboxylic acids is 1. The fourth-order valence-electron chi connectivity index (χ4n) is 3.08. The summed E-state index contributed by atoms with van der Waals surface area (Å²) in [4.78, 5) is 23.5. The first kappa shape index (κ1) is 26.5. The van der Waals surface area contributed by atoms with Gasteiger partial charge in [0.25, 0.3) is 0 Å². The Kier molecular flexibility index (Phi) is 10.9. The average molecular weight is 387 g/mol. The summed E-state index contributed by atoms with van der Waals surface area (Å²) < 4.78 is 5.17. The van der Waals surface area contributed by atoms with Crippen molar-refractivity contribution in [3.8, 4) is 0 Å². The molecule has 0 aromatic heterocycles. The van der Waals surface area contributed by atoms with Gasteiger partial charge in [-0.3, -0.25) is 4.79 Å². The standard InChI is InChI=1S/C21H33NO5.Li.H/c1-13-9-7-8-10-17(13)14(2)11-16(19(24)25)12-18(23)15(3)22-20(26)27-21(4,5)6;;/h7-10,14-16,18,23H,11-12H2,1-6H3,(H,22,26)(H,24,25);;/t14?,15-,16+,18+;;/m0../s1. The van der Waals surface area contributed by atoms with Crippen LogP contribution < -0.4 is 5.32 Å². The zero-order chi connectivity index (χ0) is 20.8. The molecule has 1 unspecified atom stereocenters. The summed E-state index contributed by atoms with van der Waals surface area (Å²) in [6.45, 7) is 10.9. The van der Waals surface area contributed by atoms with Crippen molar-refractivity contribution in [1.82, 2.24) is 5.32 Å². The quantitative estimate of drug-likeness (QED) is 0.595. The Balaban J connectivity index is 0.00000729. The maximum absolute atomic E-state index is 11.8. The Hall–Kier alpha value is -1.48. The molecule has 0 spiro atoms. The molecule has 0 aliphatic carbocycles. The van der Waals surface area contributed by atoms with E-state index in [9.17, 15) is 19.8 Å². The van der Waals surface area contributed by atoms with E-state index < -0.39 is 35.7 Å². The van der Waals surface area contributed by atoms with Crippen molar-refractivity contribution >= 4 is 30.9 Å². The van der Waals surface area contributed by atoms with Crippen molar-refractivity contribution in [2.45, 2.75) is 78.0 Å². The third-order valence-corrected chi connectivity index (χ3v) is 4.55. The molecule has 0 saturated heterocycles. The van der Waals surface area contributed by atoms with Gasteiger partial charge < -0.3 is 20.3 Å². The summed E-state index contributed by atoms with van der Waals surface area (Å²) >= 11 is 0. The van der Waals surface area contributed by atoms with Crippen molar-refractivity contribution in [1.29, 1.82) is 0 Å². The van der Waals surface area contributed by atoms with E-state index in [1.807, 2.05) is 38.1 Å². The molecule has 0 aliphatic rings. The zero-order valence-corrected chi connectivity index (χ0v) is 17.2.